The van der Waals surface area contributed by atoms with Crippen molar-refractivity contribution in [1.29, 1.82) is 0 Å². The molecular formula is C13H17F2N. The second-order valence-electron chi connectivity index (χ2n) is 4.77. The topological polar surface area (TPSA) is 12.0 Å². The molecule has 1 aromatic rings. The molecule has 1 saturated heterocycles. The molecule has 1 N–H and O–H groups in total. The first-order valence-electron chi connectivity index (χ1n) is 5.73. The summed E-state index contributed by atoms with van der Waals surface area (Å²) in [5.41, 5.74) is -0.988. The van der Waals surface area contributed by atoms with Gasteiger partial charge in [0.15, 0.2) is 0 Å². The Hall–Kier alpha value is -0.960. The Morgan fingerprint density at radius 1 is 1.50 bits per heavy atom. The third-order valence-electron chi connectivity index (χ3n) is 3.26. The smallest absolute Gasteiger partial charge is 0.133 e. The number of halogens is 2. The molecule has 0 aliphatic carbocycles. The number of hydrogen-bond donors (Lipinski definition) is 1. The zero-order chi connectivity index (χ0) is 11.6. The van der Waals surface area contributed by atoms with Gasteiger partial charge >= 0.3 is 0 Å². The molecule has 1 nitrogen and oxygen atoms in total. The zero-order valence-electron chi connectivity index (χ0n) is 9.47. The molecule has 1 aliphatic heterocycles. The summed E-state index contributed by atoms with van der Waals surface area (Å²) in [5.74, 6) is -0.0100. The maximum atomic E-state index is 14.5. The Morgan fingerprint density at radius 2 is 2.31 bits per heavy atom. The minimum Gasteiger partial charge on any atom is -0.316 e. The lowest BCUT2D eigenvalue weighted by Gasteiger charge is -2.24. The molecule has 0 bridgehead atoms. The number of hydrogen-bond acceptors (Lipinski definition) is 1. The van der Waals surface area contributed by atoms with Crippen LogP contribution in [0.5, 0.6) is 0 Å². The molecule has 2 rings (SSSR count). The van der Waals surface area contributed by atoms with Crippen LogP contribution in [-0.2, 0) is 5.67 Å². The fourth-order valence-corrected chi connectivity index (χ4v) is 2.36. The van der Waals surface area contributed by atoms with E-state index in [0.717, 1.165) is 19.5 Å². The van der Waals surface area contributed by atoms with E-state index in [4.69, 9.17) is 0 Å². The van der Waals surface area contributed by atoms with E-state index in [2.05, 4.69) is 5.32 Å². The summed E-state index contributed by atoms with van der Waals surface area (Å²) in [6.45, 7) is 3.37. The molecule has 1 heterocycles. The van der Waals surface area contributed by atoms with Crippen molar-refractivity contribution < 1.29 is 8.78 Å². The molecular weight excluding hydrogens is 208 g/mol. The van der Waals surface area contributed by atoms with Crippen molar-refractivity contribution in [3.05, 3.63) is 35.6 Å². The van der Waals surface area contributed by atoms with Crippen LogP contribution < -0.4 is 5.32 Å². The van der Waals surface area contributed by atoms with Crippen molar-refractivity contribution >= 4 is 0 Å². The van der Waals surface area contributed by atoms with Crippen LogP contribution in [0.15, 0.2) is 24.3 Å². The molecule has 0 aromatic heterocycles. The Morgan fingerprint density at radius 3 is 2.94 bits per heavy atom. The van der Waals surface area contributed by atoms with Crippen LogP contribution >= 0.6 is 0 Å². The molecule has 0 amide bonds. The van der Waals surface area contributed by atoms with E-state index in [0.29, 0.717) is 17.9 Å². The number of rotatable bonds is 3. The summed E-state index contributed by atoms with van der Waals surface area (Å²) < 4.78 is 27.5. The highest BCUT2D eigenvalue weighted by molar-refractivity contribution is 5.22. The SMILES string of the molecule is CC(F)(CC1CCNC1)c1cccc(F)c1. The third-order valence-corrected chi connectivity index (χ3v) is 3.26. The van der Waals surface area contributed by atoms with Crippen molar-refractivity contribution in [3.63, 3.8) is 0 Å². The van der Waals surface area contributed by atoms with Crippen LogP contribution in [0.1, 0.15) is 25.3 Å². The molecule has 0 radical (unpaired) electrons. The van der Waals surface area contributed by atoms with Crippen molar-refractivity contribution in [3.8, 4) is 0 Å². The van der Waals surface area contributed by atoms with Gasteiger partial charge in [0.1, 0.15) is 11.5 Å². The predicted octanol–water partition coefficient (Wildman–Crippen LogP) is 3.01. The Bertz CT molecular complexity index is 357. The molecule has 1 aliphatic rings. The van der Waals surface area contributed by atoms with Crippen LogP contribution in [0.3, 0.4) is 0 Å². The lowest BCUT2D eigenvalue weighted by atomic mass is 9.87. The standard InChI is InChI=1S/C13H17F2N/c1-13(15,8-10-5-6-16-9-10)11-3-2-4-12(14)7-11/h2-4,7,10,16H,5-6,8-9H2,1H3. The van der Waals surface area contributed by atoms with Gasteiger partial charge in [0.2, 0.25) is 0 Å². The lowest BCUT2D eigenvalue weighted by Crippen LogP contribution is -2.21. The molecule has 2 atom stereocenters. The fourth-order valence-electron chi connectivity index (χ4n) is 2.36. The minimum atomic E-state index is -1.43. The van der Waals surface area contributed by atoms with Gasteiger partial charge in [0.25, 0.3) is 0 Å². The predicted molar refractivity (Wildman–Crippen MR) is 60.5 cm³/mol. The average Bonchev–Trinajstić information content (AvgIpc) is 2.70. The number of alkyl halides is 1. The van der Waals surface area contributed by atoms with Crippen LogP contribution in [0.4, 0.5) is 8.78 Å². The minimum absolute atomic E-state index is 0.360. The van der Waals surface area contributed by atoms with Gasteiger partial charge in [-0.05, 0) is 56.5 Å². The van der Waals surface area contributed by atoms with Gasteiger partial charge in [-0.25, -0.2) is 8.78 Å². The van der Waals surface area contributed by atoms with Gasteiger partial charge in [-0.2, -0.15) is 0 Å². The molecule has 3 heteroatoms. The first kappa shape index (κ1) is 11.5. The van der Waals surface area contributed by atoms with Crippen LogP contribution in [0, 0.1) is 11.7 Å². The van der Waals surface area contributed by atoms with Crippen molar-refractivity contribution in [2.45, 2.75) is 25.4 Å². The molecule has 2 unspecified atom stereocenters. The quantitative estimate of drug-likeness (QED) is 0.833. The van der Waals surface area contributed by atoms with E-state index in [1.807, 2.05) is 0 Å². The summed E-state index contributed by atoms with van der Waals surface area (Å²) in [4.78, 5) is 0. The summed E-state index contributed by atoms with van der Waals surface area (Å²) in [6, 6.07) is 5.86. The van der Waals surface area contributed by atoms with Crippen molar-refractivity contribution in [2.75, 3.05) is 13.1 Å². The van der Waals surface area contributed by atoms with E-state index in [9.17, 15) is 8.78 Å². The normalized spacial score (nSPS) is 24.3. The Kier molecular flexibility index (Phi) is 3.24. The van der Waals surface area contributed by atoms with Crippen molar-refractivity contribution in [2.24, 2.45) is 5.92 Å². The highest BCUT2D eigenvalue weighted by atomic mass is 19.1. The van der Waals surface area contributed by atoms with Gasteiger partial charge in [0.05, 0.1) is 0 Å². The van der Waals surface area contributed by atoms with E-state index in [1.165, 1.54) is 12.1 Å². The lowest BCUT2D eigenvalue weighted by molar-refractivity contribution is 0.149. The highest BCUT2D eigenvalue weighted by Gasteiger charge is 2.31. The largest absolute Gasteiger partial charge is 0.316 e. The van der Waals surface area contributed by atoms with E-state index in [1.54, 1.807) is 19.1 Å². The van der Waals surface area contributed by atoms with Gasteiger partial charge in [-0.1, -0.05) is 12.1 Å². The van der Waals surface area contributed by atoms with Gasteiger partial charge in [-0.15, -0.1) is 0 Å². The van der Waals surface area contributed by atoms with Crippen LogP contribution in [0.2, 0.25) is 0 Å². The Balaban J connectivity index is 2.10. The molecule has 16 heavy (non-hydrogen) atoms. The average molecular weight is 225 g/mol. The second kappa shape index (κ2) is 4.50. The Labute approximate surface area is 94.9 Å². The van der Waals surface area contributed by atoms with Gasteiger partial charge in [0, 0.05) is 0 Å². The van der Waals surface area contributed by atoms with E-state index >= 15 is 0 Å². The highest BCUT2D eigenvalue weighted by Crippen LogP contribution is 2.34. The van der Waals surface area contributed by atoms with E-state index < -0.39 is 5.67 Å². The van der Waals surface area contributed by atoms with Gasteiger partial charge < -0.3 is 5.32 Å². The van der Waals surface area contributed by atoms with Crippen LogP contribution in [-0.4, -0.2) is 13.1 Å². The maximum absolute atomic E-state index is 14.5. The van der Waals surface area contributed by atoms with Crippen LogP contribution in [0.25, 0.3) is 0 Å². The molecule has 0 saturated carbocycles. The maximum Gasteiger partial charge on any atom is 0.133 e. The summed E-state index contributed by atoms with van der Waals surface area (Å²) in [5, 5.41) is 3.22. The monoisotopic (exact) mass is 225 g/mol. The fraction of sp³-hybridized carbons (Fsp3) is 0.538. The second-order valence-corrected chi connectivity index (χ2v) is 4.77. The number of benzene rings is 1. The first-order chi connectivity index (χ1) is 7.58. The van der Waals surface area contributed by atoms with E-state index in [-0.39, 0.29) is 5.82 Å². The molecule has 1 aromatic carbocycles. The molecule has 1 fully saturated rings. The molecule has 88 valence electrons. The van der Waals surface area contributed by atoms with Gasteiger partial charge in [-0.3, -0.25) is 0 Å². The number of nitrogens with one attached hydrogen (secondary N) is 1. The summed E-state index contributed by atoms with van der Waals surface area (Å²) in [6.07, 6.45) is 1.47. The molecule has 0 spiro atoms. The van der Waals surface area contributed by atoms with Crippen molar-refractivity contribution in [1.82, 2.24) is 5.32 Å². The first-order valence-corrected chi connectivity index (χ1v) is 5.73. The zero-order valence-corrected chi connectivity index (χ0v) is 9.47. The summed E-state index contributed by atoms with van der Waals surface area (Å²) >= 11 is 0. The third kappa shape index (κ3) is 2.59. The summed E-state index contributed by atoms with van der Waals surface area (Å²) in [7, 11) is 0.